The third-order valence-corrected chi connectivity index (χ3v) is 6.34. The molecule has 1 aliphatic heterocycles. The average Bonchev–Trinajstić information content (AvgIpc) is 3.44. The number of nitrogens with one attached hydrogen (secondary N) is 2. The van der Waals surface area contributed by atoms with Crippen LogP contribution in [0.5, 0.6) is 0 Å². The molecule has 0 spiro atoms. The molecule has 1 atom stereocenters. The number of carbonyl (C=O) groups excluding carboxylic acids is 1. The summed E-state index contributed by atoms with van der Waals surface area (Å²) in [7, 11) is -1.92. The van der Waals surface area contributed by atoms with Crippen molar-refractivity contribution in [2.24, 2.45) is 7.05 Å². The highest BCUT2D eigenvalue weighted by molar-refractivity contribution is 7.90. The monoisotopic (exact) mass is 467 g/mol. The van der Waals surface area contributed by atoms with Crippen LogP contribution in [0.2, 0.25) is 0 Å². The average molecular weight is 468 g/mol. The van der Waals surface area contributed by atoms with Gasteiger partial charge in [-0.25, -0.2) is 0 Å². The van der Waals surface area contributed by atoms with Crippen molar-refractivity contribution in [1.29, 1.82) is 0 Å². The first-order valence-electron chi connectivity index (χ1n) is 10.4. The normalized spacial score (nSPS) is 16.4. The first kappa shape index (κ1) is 22.8. The number of anilines is 1. The van der Waals surface area contributed by atoms with Gasteiger partial charge in [-0.1, -0.05) is 18.2 Å². The van der Waals surface area contributed by atoms with Crippen LogP contribution >= 0.6 is 0 Å². The molecule has 3 aromatic rings. The van der Waals surface area contributed by atoms with Gasteiger partial charge in [-0.3, -0.25) is 19.2 Å². The largest absolute Gasteiger partial charge is 0.380 e. The van der Waals surface area contributed by atoms with Gasteiger partial charge in [0.2, 0.25) is 0 Å². The fourth-order valence-corrected chi connectivity index (χ4v) is 4.64. The summed E-state index contributed by atoms with van der Waals surface area (Å²) in [6.45, 7) is 2.32. The molecule has 33 heavy (non-hydrogen) atoms. The summed E-state index contributed by atoms with van der Waals surface area (Å²) < 4.78 is 36.7. The fraction of sp³-hybridized carbons (Fsp3) is 0.261. The van der Waals surface area contributed by atoms with E-state index in [0.717, 1.165) is 16.8 Å². The summed E-state index contributed by atoms with van der Waals surface area (Å²) in [4.78, 5) is 16.7. The van der Waals surface area contributed by atoms with E-state index >= 15 is 0 Å². The van der Waals surface area contributed by atoms with Crippen LogP contribution < -0.4 is 9.44 Å². The molecule has 0 bridgehead atoms. The van der Waals surface area contributed by atoms with Gasteiger partial charge in [-0.15, -0.1) is 0 Å². The van der Waals surface area contributed by atoms with Crippen LogP contribution in [0.15, 0.2) is 48.9 Å². The summed E-state index contributed by atoms with van der Waals surface area (Å²) in [5, 5.41) is 4.16. The predicted octanol–water partition coefficient (Wildman–Crippen LogP) is 2.89. The van der Waals surface area contributed by atoms with Gasteiger partial charge in [0.05, 0.1) is 24.2 Å². The Bertz CT molecular complexity index is 1280. The molecule has 1 fully saturated rings. The van der Waals surface area contributed by atoms with Gasteiger partial charge in [0, 0.05) is 48.8 Å². The minimum Gasteiger partial charge on any atom is -0.380 e. The van der Waals surface area contributed by atoms with E-state index in [1.165, 1.54) is 13.0 Å². The van der Waals surface area contributed by atoms with E-state index in [1.807, 2.05) is 25.4 Å². The highest BCUT2D eigenvalue weighted by atomic mass is 32.2. The van der Waals surface area contributed by atoms with Crippen molar-refractivity contribution in [2.45, 2.75) is 19.4 Å². The lowest BCUT2D eigenvalue weighted by Crippen LogP contribution is -2.38. The maximum Gasteiger partial charge on any atom is 0.299 e. The van der Waals surface area contributed by atoms with Crippen LogP contribution in [-0.4, -0.2) is 48.2 Å². The molecular formula is C23H25N5O4S. The standard InChI is InChI=1S/C23H25N5O4S/c1-16(29)23-11-21(26-33(30,31)27-22-9-10-32-15-22)8-4-17(23)3-6-20-7-5-18(12-24-20)19-13-25-28(2)14-19/h3-8,11-14,22,26-27H,9-10,15H2,1-2H3/b6-3-. The third kappa shape index (κ3) is 5.92. The van der Waals surface area contributed by atoms with Crippen molar-refractivity contribution >= 4 is 33.8 Å². The molecule has 2 N–H and O–H groups in total. The summed E-state index contributed by atoms with van der Waals surface area (Å²) >= 11 is 0. The summed E-state index contributed by atoms with van der Waals surface area (Å²) in [6, 6.07) is 8.44. The minimum atomic E-state index is -3.78. The van der Waals surface area contributed by atoms with Gasteiger partial charge in [0.25, 0.3) is 10.2 Å². The molecule has 3 heterocycles. The van der Waals surface area contributed by atoms with Gasteiger partial charge in [0.15, 0.2) is 5.78 Å². The second-order valence-electron chi connectivity index (χ2n) is 7.85. The molecule has 4 rings (SSSR count). The first-order chi connectivity index (χ1) is 15.8. The van der Waals surface area contributed by atoms with Crippen LogP contribution in [0.1, 0.15) is 35.0 Å². The van der Waals surface area contributed by atoms with Crippen LogP contribution in [0, 0.1) is 0 Å². The Kier molecular flexibility index (Phi) is 6.68. The number of hydrogen-bond acceptors (Lipinski definition) is 6. The van der Waals surface area contributed by atoms with E-state index < -0.39 is 10.2 Å². The number of Topliss-reactive ketones (excluding diaryl/α,β-unsaturated/α-hetero) is 1. The maximum absolute atomic E-state index is 12.4. The molecule has 2 aromatic heterocycles. The fourth-order valence-electron chi connectivity index (χ4n) is 3.52. The van der Waals surface area contributed by atoms with E-state index in [-0.39, 0.29) is 11.8 Å². The summed E-state index contributed by atoms with van der Waals surface area (Å²) in [5.41, 5.74) is 4.04. The first-order valence-corrected chi connectivity index (χ1v) is 11.9. The highest BCUT2D eigenvalue weighted by Gasteiger charge is 2.22. The predicted molar refractivity (Wildman–Crippen MR) is 127 cm³/mol. The molecule has 1 unspecified atom stereocenters. The number of aromatic nitrogens is 3. The number of ketones is 1. The summed E-state index contributed by atoms with van der Waals surface area (Å²) in [6.07, 6.45) is 9.68. The van der Waals surface area contributed by atoms with E-state index in [0.29, 0.717) is 36.4 Å². The third-order valence-electron chi connectivity index (χ3n) is 5.19. The molecule has 10 heteroatoms. The number of pyridine rings is 1. The molecule has 1 saturated heterocycles. The highest BCUT2D eigenvalue weighted by Crippen LogP contribution is 2.21. The van der Waals surface area contributed by atoms with Gasteiger partial charge in [0.1, 0.15) is 0 Å². The van der Waals surface area contributed by atoms with Crippen LogP contribution in [-0.2, 0) is 22.0 Å². The van der Waals surface area contributed by atoms with Crippen molar-refractivity contribution in [3.05, 3.63) is 65.7 Å². The molecule has 9 nitrogen and oxygen atoms in total. The Morgan fingerprint density at radius 1 is 1.18 bits per heavy atom. The Morgan fingerprint density at radius 2 is 2.03 bits per heavy atom. The quantitative estimate of drug-likeness (QED) is 0.492. The van der Waals surface area contributed by atoms with Crippen molar-refractivity contribution in [3.63, 3.8) is 0 Å². The molecule has 0 saturated carbocycles. The molecule has 0 aliphatic carbocycles. The second kappa shape index (κ2) is 9.65. The Labute approximate surface area is 192 Å². The Balaban J connectivity index is 1.49. The topological polar surface area (TPSA) is 115 Å². The number of ether oxygens (including phenoxy) is 1. The number of carbonyl (C=O) groups is 1. The number of aryl methyl sites for hydroxylation is 1. The molecule has 0 radical (unpaired) electrons. The lowest BCUT2D eigenvalue weighted by molar-refractivity contribution is 0.101. The number of rotatable bonds is 8. The van der Waals surface area contributed by atoms with E-state index in [1.54, 1.807) is 41.4 Å². The molecule has 172 valence electrons. The van der Waals surface area contributed by atoms with Crippen LogP contribution in [0.25, 0.3) is 23.3 Å². The zero-order valence-corrected chi connectivity index (χ0v) is 19.2. The Hall–Kier alpha value is -3.34. The van der Waals surface area contributed by atoms with Crippen molar-refractivity contribution in [3.8, 4) is 11.1 Å². The van der Waals surface area contributed by atoms with E-state index in [9.17, 15) is 13.2 Å². The smallest absolute Gasteiger partial charge is 0.299 e. The van der Waals surface area contributed by atoms with Crippen molar-refractivity contribution in [1.82, 2.24) is 19.5 Å². The van der Waals surface area contributed by atoms with E-state index in [2.05, 4.69) is 19.5 Å². The summed E-state index contributed by atoms with van der Waals surface area (Å²) in [5.74, 6) is -0.173. The Morgan fingerprint density at radius 3 is 2.67 bits per heavy atom. The molecule has 1 aromatic carbocycles. The van der Waals surface area contributed by atoms with Crippen molar-refractivity contribution in [2.75, 3.05) is 17.9 Å². The van der Waals surface area contributed by atoms with Crippen molar-refractivity contribution < 1.29 is 17.9 Å². The molecule has 0 amide bonds. The number of benzene rings is 1. The molecule has 1 aliphatic rings. The zero-order chi connectivity index (χ0) is 23.4. The SMILES string of the molecule is CC(=O)c1cc(NS(=O)(=O)NC2CCOC2)ccc1/C=C\c1ccc(-c2cnn(C)c2)cn1. The van der Waals surface area contributed by atoms with Gasteiger partial charge >= 0.3 is 0 Å². The van der Waals surface area contributed by atoms with E-state index in [4.69, 9.17) is 4.74 Å². The lowest BCUT2D eigenvalue weighted by Gasteiger charge is -2.14. The zero-order valence-electron chi connectivity index (χ0n) is 18.4. The van der Waals surface area contributed by atoms with Crippen LogP contribution in [0.4, 0.5) is 5.69 Å². The van der Waals surface area contributed by atoms with Gasteiger partial charge in [-0.2, -0.15) is 18.2 Å². The maximum atomic E-state index is 12.4. The second-order valence-corrected chi connectivity index (χ2v) is 9.30. The van der Waals surface area contributed by atoms with Gasteiger partial charge in [-0.05, 0) is 43.2 Å². The van der Waals surface area contributed by atoms with Crippen LogP contribution in [0.3, 0.4) is 0 Å². The molecular weight excluding hydrogens is 442 g/mol. The number of hydrogen-bond donors (Lipinski definition) is 2. The van der Waals surface area contributed by atoms with Gasteiger partial charge < -0.3 is 4.74 Å². The lowest BCUT2D eigenvalue weighted by atomic mass is 10.0. The minimum absolute atomic E-state index is 0.173. The number of nitrogens with zero attached hydrogens (tertiary/aromatic N) is 3.